The van der Waals surface area contributed by atoms with Gasteiger partial charge in [-0.3, -0.25) is 9.59 Å². The SMILES string of the molecule is COCCn1c(C)cc(/C=C(\C#N)C(=O)OCC(=O)c2ccc3c(c2)NC(=O)CO3)c1C. The molecule has 1 N–H and O–H groups in total. The van der Waals surface area contributed by atoms with Crippen molar-refractivity contribution in [1.29, 1.82) is 5.26 Å². The zero-order chi connectivity index (χ0) is 23.3. The smallest absolute Gasteiger partial charge is 0.349 e. The average molecular weight is 437 g/mol. The number of methoxy groups -OCH3 is 1. The van der Waals surface area contributed by atoms with Crippen molar-refractivity contribution in [1.82, 2.24) is 4.57 Å². The van der Waals surface area contributed by atoms with Crippen LogP contribution in [-0.4, -0.2) is 49.2 Å². The summed E-state index contributed by atoms with van der Waals surface area (Å²) in [7, 11) is 1.62. The van der Waals surface area contributed by atoms with Crippen LogP contribution in [0.4, 0.5) is 5.69 Å². The Balaban J connectivity index is 1.68. The predicted octanol–water partition coefficient (Wildman–Crippen LogP) is 2.42. The molecule has 3 rings (SSSR count). The summed E-state index contributed by atoms with van der Waals surface area (Å²) in [6.07, 6.45) is 1.45. The third-order valence-electron chi connectivity index (χ3n) is 5.04. The van der Waals surface area contributed by atoms with Crippen LogP contribution in [0.3, 0.4) is 0 Å². The second-order valence-electron chi connectivity index (χ2n) is 7.19. The molecule has 0 fully saturated rings. The molecule has 9 heteroatoms. The summed E-state index contributed by atoms with van der Waals surface area (Å²) in [4.78, 5) is 36.3. The molecule has 9 nitrogen and oxygen atoms in total. The van der Waals surface area contributed by atoms with Gasteiger partial charge in [-0.05, 0) is 49.8 Å². The van der Waals surface area contributed by atoms with Crippen LogP contribution in [-0.2, 0) is 25.6 Å². The number of hydrogen-bond acceptors (Lipinski definition) is 7. The molecule has 166 valence electrons. The van der Waals surface area contributed by atoms with E-state index in [-0.39, 0.29) is 23.7 Å². The number of nitriles is 1. The van der Waals surface area contributed by atoms with Crippen LogP contribution in [0.25, 0.3) is 6.08 Å². The van der Waals surface area contributed by atoms with Crippen molar-refractivity contribution in [2.75, 3.05) is 32.2 Å². The standard InChI is InChI=1S/C23H23N3O6/c1-14-8-17(15(2)26(14)6-7-30-3)9-18(11-24)23(29)32-12-20(27)16-4-5-21-19(10-16)25-22(28)13-31-21/h4-5,8-10H,6-7,12-13H2,1-3H3,(H,25,28)/b18-9+. The minimum Gasteiger partial charge on any atom is -0.482 e. The molecular weight excluding hydrogens is 414 g/mol. The number of carbonyl (C=O) groups is 3. The highest BCUT2D eigenvalue weighted by Gasteiger charge is 2.20. The van der Waals surface area contributed by atoms with E-state index in [4.69, 9.17) is 14.2 Å². The van der Waals surface area contributed by atoms with Crippen LogP contribution in [0.5, 0.6) is 5.75 Å². The lowest BCUT2D eigenvalue weighted by Crippen LogP contribution is -2.25. The molecule has 32 heavy (non-hydrogen) atoms. The van der Waals surface area contributed by atoms with Crippen molar-refractivity contribution in [3.63, 3.8) is 0 Å². The topological polar surface area (TPSA) is 120 Å². The molecule has 0 spiro atoms. The van der Waals surface area contributed by atoms with Gasteiger partial charge in [0.2, 0.25) is 0 Å². The van der Waals surface area contributed by atoms with E-state index in [9.17, 15) is 19.6 Å². The Morgan fingerprint density at radius 1 is 1.31 bits per heavy atom. The molecule has 0 bridgehead atoms. The van der Waals surface area contributed by atoms with E-state index in [1.807, 2.05) is 30.6 Å². The summed E-state index contributed by atoms with van der Waals surface area (Å²) in [5, 5.41) is 12.0. The van der Waals surface area contributed by atoms with Crippen LogP contribution in [0.1, 0.15) is 27.3 Å². The number of ketones is 1. The highest BCUT2D eigenvalue weighted by Crippen LogP contribution is 2.28. The lowest BCUT2D eigenvalue weighted by molar-refractivity contribution is -0.137. The summed E-state index contributed by atoms with van der Waals surface area (Å²) < 4.78 is 17.5. The maximum Gasteiger partial charge on any atom is 0.349 e. The number of rotatable bonds is 8. The number of aryl methyl sites for hydroxylation is 1. The van der Waals surface area contributed by atoms with Gasteiger partial charge in [0, 0.05) is 30.6 Å². The summed E-state index contributed by atoms with van der Waals surface area (Å²) in [5.41, 5.74) is 2.97. The highest BCUT2D eigenvalue weighted by atomic mass is 16.5. The Bertz CT molecular complexity index is 1140. The molecule has 1 aromatic heterocycles. The van der Waals surface area contributed by atoms with Gasteiger partial charge >= 0.3 is 5.97 Å². The fraction of sp³-hybridized carbons (Fsp3) is 0.304. The number of nitrogens with zero attached hydrogens (tertiary/aromatic N) is 2. The fourth-order valence-corrected chi connectivity index (χ4v) is 3.34. The first-order valence-electron chi connectivity index (χ1n) is 9.88. The van der Waals surface area contributed by atoms with Gasteiger partial charge in [-0.25, -0.2) is 4.79 Å². The first-order valence-corrected chi connectivity index (χ1v) is 9.88. The largest absolute Gasteiger partial charge is 0.482 e. The molecule has 0 saturated heterocycles. The maximum absolute atomic E-state index is 12.4. The van der Waals surface area contributed by atoms with E-state index < -0.39 is 18.4 Å². The summed E-state index contributed by atoms with van der Waals surface area (Å²) in [5.74, 6) is -1.23. The number of carbonyl (C=O) groups excluding carboxylic acids is 3. The molecule has 1 aliphatic heterocycles. The molecule has 0 saturated carbocycles. The van der Waals surface area contributed by atoms with E-state index >= 15 is 0 Å². The van der Waals surface area contributed by atoms with Crippen LogP contribution in [0, 0.1) is 25.2 Å². The Morgan fingerprint density at radius 3 is 2.81 bits per heavy atom. The first-order chi connectivity index (χ1) is 15.3. The Hall–Kier alpha value is -3.90. The molecule has 2 heterocycles. The second-order valence-corrected chi connectivity index (χ2v) is 7.19. The van der Waals surface area contributed by atoms with Crippen molar-refractivity contribution >= 4 is 29.4 Å². The minimum absolute atomic E-state index is 0.0874. The zero-order valence-electron chi connectivity index (χ0n) is 18.1. The van der Waals surface area contributed by atoms with Gasteiger partial charge in [0.05, 0.1) is 12.3 Å². The number of hydrogen-bond donors (Lipinski definition) is 1. The van der Waals surface area contributed by atoms with Crippen LogP contribution < -0.4 is 10.1 Å². The van der Waals surface area contributed by atoms with E-state index in [0.29, 0.717) is 30.2 Å². The minimum atomic E-state index is -0.892. The summed E-state index contributed by atoms with van der Waals surface area (Å²) in [6.45, 7) is 4.36. The lowest BCUT2D eigenvalue weighted by Gasteiger charge is -2.18. The Labute approximate surface area is 185 Å². The van der Waals surface area contributed by atoms with Gasteiger partial charge < -0.3 is 24.1 Å². The van der Waals surface area contributed by atoms with Gasteiger partial charge in [0.25, 0.3) is 5.91 Å². The number of anilines is 1. The number of ether oxygens (including phenoxy) is 3. The number of aromatic nitrogens is 1. The highest BCUT2D eigenvalue weighted by molar-refractivity contribution is 6.03. The van der Waals surface area contributed by atoms with E-state index in [1.54, 1.807) is 13.2 Å². The first kappa shape index (κ1) is 22.8. The molecule has 2 aromatic rings. The predicted molar refractivity (Wildman–Crippen MR) is 115 cm³/mol. The van der Waals surface area contributed by atoms with E-state index in [2.05, 4.69) is 5.32 Å². The van der Waals surface area contributed by atoms with Crippen molar-refractivity contribution in [2.45, 2.75) is 20.4 Å². The second kappa shape index (κ2) is 9.94. The van der Waals surface area contributed by atoms with Crippen molar-refractivity contribution in [3.8, 4) is 11.8 Å². The molecule has 0 aliphatic carbocycles. The molecule has 0 atom stereocenters. The maximum atomic E-state index is 12.4. The van der Waals surface area contributed by atoms with Gasteiger partial charge in [0.1, 0.15) is 17.4 Å². The Morgan fingerprint density at radius 2 is 2.09 bits per heavy atom. The fourth-order valence-electron chi connectivity index (χ4n) is 3.34. The van der Waals surface area contributed by atoms with Crippen LogP contribution in [0.15, 0.2) is 29.8 Å². The van der Waals surface area contributed by atoms with E-state index in [1.165, 1.54) is 18.2 Å². The van der Waals surface area contributed by atoms with Crippen LogP contribution >= 0.6 is 0 Å². The third-order valence-corrected chi connectivity index (χ3v) is 5.04. The summed E-state index contributed by atoms with van der Waals surface area (Å²) >= 11 is 0. The number of nitrogens with one attached hydrogen (secondary N) is 1. The van der Waals surface area contributed by atoms with E-state index in [0.717, 1.165) is 11.4 Å². The lowest BCUT2D eigenvalue weighted by atomic mass is 10.1. The summed E-state index contributed by atoms with van der Waals surface area (Å²) in [6, 6.07) is 8.23. The number of fused-ring (bicyclic) bond motifs is 1. The Kier molecular flexibility index (Phi) is 7.07. The molecular formula is C23H23N3O6. The van der Waals surface area contributed by atoms with Crippen molar-refractivity contribution in [2.24, 2.45) is 0 Å². The normalized spacial score (nSPS) is 12.9. The molecule has 0 unspecified atom stereocenters. The third kappa shape index (κ3) is 5.04. The van der Waals surface area contributed by atoms with Gasteiger partial charge in [-0.15, -0.1) is 0 Å². The van der Waals surface area contributed by atoms with Gasteiger partial charge in [-0.2, -0.15) is 5.26 Å². The van der Waals surface area contributed by atoms with Gasteiger partial charge in [0.15, 0.2) is 19.0 Å². The molecule has 1 aromatic carbocycles. The van der Waals surface area contributed by atoms with Crippen molar-refractivity contribution in [3.05, 3.63) is 52.4 Å². The van der Waals surface area contributed by atoms with Crippen LogP contribution in [0.2, 0.25) is 0 Å². The van der Waals surface area contributed by atoms with Gasteiger partial charge in [-0.1, -0.05) is 0 Å². The number of amides is 1. The number of benzene rings is 1. The number of esters is 1. The van der Waals surface area contributed by atoms with Crippen molar-refractivity contribution < 1.29 is 28.6 Å². The quantitative estimate of drug-likeness (QED) is 0.291. The average Bonchev–Trinajstić information content (AvgIpc) is 3.05. The molecule has 0 radical (unpaired) electrons. The zero-order valence-corrected chi connectivity index (χ0v) is 18.1. The molecule has 1 aliphatic rings. The number of Topliss-reactive ketones (excluding diaryl/α,β-unsaturated/α-hetero) is 1. The monoisotopic (exact) mass is 437 g/mol. The molecule has 1 amide bonds.